The number of H-pyrrole nitrogens is 1. The highest BCUT2D eigenvalue weighted by atomic mass is 35.5. The lowest BCUT2D eigenvalue weighted by molar-refractivity contribution is 0.246. The molecule has 1 aliphatic heterocycles. The van der Waals surface area contributed by atoms with E-state index in [1.165, 1.54) is 11.3 Å². The third-order valence-corrected chi connectivity index (χ3v) is 4.82. The number of rotatable bonds is 5. The molecule has 2 aromatic heterocycles. The van der Waals surface area contributed by atoms with Crippen molar-refractivity contribution in [3.63, 3.8) is 0 Å². The van der Waals surface area contributed by atoms with Crippen LogP contribution >= 0.6 is 11.6 Å². The van der Waals surface area contributed by atoms with Crippen LogP contribution in [-0.4, -0.2) is 38.3 Å². The molecular weight excluding hydrogens is 338 g/mol. The van der Waals surface area contributed by atoms with E-state index in [0.717, 1.165) is 61.1 Å². The van der Waals surface area contributed by atoms with Crippen LogP contribution < -0.4 is 0 Å². The van der Waals surface area contributed by atoms with Crippen LogP contribution in [0.4, 0.5) is 0 Å². The van der Waals surface area contributed by atoms with E-state index in [1.54, 1.807) is 0 Å². The molecule has 0 fully saturated rings. The van der Waals surface area contributed by atoms with Crippen LogP contribution in [-0.2, 0) is 19.4 Å². The van der Waals surface area contributed by atoms with Crippen molar-refractivity contribution in [2.75, 3.05) is 13.1 Å². The first-order valence-corrected chi connectivity index (χ1v) is 8.90. The molecule has 3 aromatic rings. The molecule has 25 heavy (non-hydrogen) atoms. The van der Waals surface area contributed by atoms with E-state index in [1.807, 2.05) is 31.2 Å². The fraction of sp³-hybridized carbons (Fsp3) is 0.389. The lowest BCUT2D eigenvalue weighted by Gasteiger charge is -2.26. The van der Waals surface area contributed by atoms with Gasteiger partial charge >= 0.3 is 0 Å². The molecule has 0 saturated carbocycles. The van der Waals surface area contributed by atoms with Gasteiger partial charge in [-0.15, -0.1) is 0 Å². The zero-order valence-electron chi connectivity index (χ0n) is 14.1. The van der Waals surface area contributed by atoms with Crippen molar-refractivity contribution in [2.45, 2.75) is 32.7 Å². The van der Waals surface area contributed by atoms with Crippen LogP contribution in [0.5, 0.6) is 0 Å². The molecule has 0 radical (unpaired) electrons. The molecule has 6 nitrogen and oxygen atoms in total. The largest absolute Gasteiger partial charge is 0.339 e. The van der Waals surface area contributed by atoms with Crippen molar-refractivity contribution in [1.82, 2.24) is 25.2 Å². The van der Waals surface area contributed by atoms with Gasteiger partial charge in [-0.3, -0.25) is 10.00 Å². The van der Waals surface area contributed by atoms with E-state index in [0.29, 0.717) is 5.82 Å². The van der Waals surface area contributed by atoms with Gasteiger partial charge in [-0.2, -0.15) is 10.1 Å². The second kappa shape index (κ2) is 6.98. The molecule has 7 heteroatoms. The molecule has 0 saturated heterocycles. The first kappa shape index (κ1) is 16.3. The highest BCUT2D eigenvalue weighted by molar-refractivity contribution is 6.30. The van der Waals surface area contributed by atoms with Crippen molar-refractivity contribution in [2.24, 2.45) is 0 Å². The van der Waals surface area contributed by atoms with Gasteiger partial charge in [0, 0.05) is 47.8 Å². The predicted octanol–water partition coefficient (Wildman–Crippen LogP) is 3.41. The predicted molar refractivity (Wildman–Crippen MR) is 95.4 cm³/mol. The number of benzene rings is 1. The van der Waals surface area contributed by atoms with Gasteiger partial charge in [-0.25, -0.2) is 0 Å². The van der Waals surface area contributed by atoms with Gasteiger partial charge in [0.25, 0.3) is 0 Å². The molecule has 1 aliphatic rings. The molecular formula is C18H20ClN5O. The third kappa shape index (κ3) is 3.60. The van der Waals surface area contributed by atoms with Gasteiger partial charge in [-0.1, -0.05) is 28.9 Å². The van der Waals surface area contributed by atoms with Gasteiger partial charge in [0.2, 0.25) is 5.89 Å². The topological polar surface area (TPSA) is 70.8 Å². The van der Waals surface area contributed by atoms with Crippen LogP contribution in [0.25, 0.3) is 11.3 Å². The number of aromatic amines is 1. The van der Waals surface area contributed by atoms with E-state index >= 15 is 0 Å². The number of hydrogen-bond donors (Lipinski definition) is 1. The number of aryl methyl sites for hydroxylation is 2. The average molecular weight is 358 g/mol. The first-order chi connectivity index (χ1) is 12.2. The van der Waals surface area contributed by atoms with E-state index in [9.17, 15) is 0 Å². The number of fused-ring (bicyclic) bond motifs is 1. The molecule has 0 aliphatic carbocycles. The second-order valence-electron chi connectivity index (χ2n) is 6.40. The highest BCUT2D eigenvalue weighted by Crippen LogP contribution is 2.29. The molecule has 0 bridgehead atoms. The average Bonchev–Trinajstić information content (AvgIpc) is 3.22. The Labute approximate surface area is 151 Å². The van der Waals surface area contributed by atoms with E-state index in [2.05, 4.69) is 25.2 Å². The van der Waals surface area contributed by atoms with Gasteiger partial charge in [0.1, 0.15) is 0 Å². The van der Waals surface area contributed by atoms with Crippen LogP contribution in [0.3, 0.4) is 0 Å². The lowest BCUT2D eigenvalue weighted by atomic mass is 10.0. The Morgan fingerprint density at radius 1 is 1.28 bits per heavy atom. The summed E-state index contributed by atoms with van der Waals surface area (Å²) in [6.45, 7) is 4.80. The second-order valence-corrected chi connectivity index (χ2v) is 6.84. The maximum atomic E-state index is 6.00. The molecule has 0 atom stereocenters. The SMILES string of the molecule is Cc1noc(CCCN2CCc3[nH]nc(-c4ccc(Cl)cc4)c3C2)n1. The van der Waals surface area contributed by atoms with Crippen LogP contribution in [0.15, 0.2) is 28.8 Å². The summed E-state index contributed by atoms with van der Waals surface area (Å²) in [6, 6.07) is 7.86. The minimum Gasteiger partial charge on any atom is -0.339 e. The molecule has 1 aromatic carbocycles. The third-order valence-electron chi connectivity index (χ3n) is 4.56. The van der Waals surface area contributed by atoms with Crippen molar-refractivity contribution >= 4 is 11.6 Å². The zero-order valence-corrected chi connectivity index (χ0v) is 14.9. The number of aromatic nitrogens is 4. The molecule has 0 spiro atoms. The van der Waals surface area contributed by atoms with Crippen LogP contribution in [0.1, 0.15) is 29.4 Å². The van der Waals surface area contributed by atoms with E-state index in [-0.39, 0.29) is 0 Å². The Balaban J connectivity index is 1.42. The fourth-order valence-corrected chi connectivity index (χ4v) is 3.41. The summed E-state index contributed by atoms with van der Waals surface area (Å²) in [5, 5.41) is 12.3. The maximum Gasteiger partial charge on any atom is 0.226 e. The van der Waals surface area contributed by atoms with Crippen molar-refractivity contribution in [3.8, 4) is 11.3 Å². The van der Waals surface area contributed by atoms with E-state index < -0.39 is 0 Å². The summed E-state index contributed by atoms with van der Waals surface area (Å²) in [5.41, 5.74) is 4.67. The number of halogens is 1. The Kier molecular flexibility index (Phi) is 4.55. The van der Waals surface area contributed by atoms with Crippen LogP contribution in [0, 0.1) is 6.92 Å². The molecule has 3 heterocycles. The Morgan fingerprint density at radius 3 is 2.88 bits per heavy atom. The van der Waals surface area contributed by atoms with Gasteiger partial charge < -0.3 is 4.52 Å². The van der Waals surface area contributed by atoms with Crippen molar-refractivity contribution in [3.05, 3.63) is 52.3 Å². The summed E-state index contributed by atoms with van der Waals surface area (Å²) in [6.07, 6.45) is 2.82. The van der Waals surface area contributed by atoms with Crippen molar-refractivity contribution < 1.29 is 4.52 Å². The van der Waals surface area contributed by atoms with Gasteiger partial charge in [0.05, 0.1) is 5.69 Å². The fourth-order valence-electron chi connectivity index (χ4n) is 3.28. The lowest BCUT2D eigenvalue weighted by Crippen LogP contribution is -2.31. The minimum absolute atomic E-state index is 0.698. The van der Waals surface area contributed by atoms with Crippen LogP contribution in [0.2, 0.25) is 5.02 Å². The Morgan fingerprint density at radius 2 is 2.12 bits per heavy atom. The number of nitrogens with one attached hydrogen (secondary N) is 1. The summed E-state index contributed by atoms with van der Waals surface area (Å²) < 4.78 is 5.18. The van der Waals surface area contributed by atoms with Crippen molar-refractivity contribution in [1.29, 1.82) is 0 Å². The Bertz CT molecular complexity index is 855. The number of hydrogen-bond acceptors (Lipinski definition) is 5. The molecule has 0 unspecified atom stereocenters. The molecule has 0 amide bonds. The minimum atomic E-state index is 0.698. The van der Waals surface area contributed by atoms with Gasteiger partial charge in [0.15, 0.2) is 5.82 Å². The maximum absolute atomic E-state index is 6.00. The summed E-state index contributed by atoms with van der Waals surface area (Å²) in [7, 11) is 0. The summed E-state index contributed by atoms with van der Waals surface area (Å²) in [5.74, 6) is 1.42. The van der Waals surface area contributed by atoms with Gasteiger partial charge in [-0.05, 0) is 32.0 Å². The summed E-state index contributed by atoms with van der Waals surface area (Å²) in [4.78, 5) is 6.72. The molecule has 4 rings (SSSR count). The zero-order chi connectivity index (χ0) is 17.2. The quantitative estimate of drug-likeness (QED) is 0.757. The summed E-state index contributed by atoms with van der Waals surface area (Å²) >= 11 is 6.00. The number of nitrogens with zero attached hydrogens (tertiary/aromatic N) is 4. The Hall–Kier alpha value is -2.18. The van der Waals surface area contributed by atoms with E-state index in [4.69, 9.17) is 16.1 Å². The molecule has 1 N–H and O–H groups in total. The standard InChI is InChI=1S/C18H20ClN5O/c1-12-20-17(25-23-12)3-2-9-24-10-8-16-15(11-24)18(22-21-16)13-4-6-14(19)7-5-13/h4-7H,2-3,8-11H2,1H3,(H,21,22). The monoisotopic (exact) mass is 357 g/mol. The first-order valence-electron chi connectivity index (χ1n) is 8.52. The highest BCUT2D eigenvalue weighted by Gasteiger charge is 2.22. The smallest absolute Gasteiger partial charge is 0.226 e. The molecule has 130 valence electrons. The normalized spacial score (nSPS) is 14.6.